The molecular weight excluding hydrogens is 371 g/mol. The second-order valence-electron chi connectivity index (χ2n) is 5.95. The highest BCUT2D eigenvalue weighted by molar-refractivity contribution is 7.89. The van der Waals surface area contributed by atoms with Crippen LogP contribution in [0, 0.1) is 5.82 Å². The van der Waals surface area contributed by atoms with Gasteiger partial charge in [0.1, 0.15) is 11.9 Å². The molecule has 146 valence electrons. The average Bonchev–Trinajstić information content (AvgIpc) is 2.65. The quantitative estimate of drug-likeness (QED) is 0.603. The van der Waals surface area contributed by atoms with Crippen LogP contribution in [-0.4, -0.2) is 40.6 Å². The highest BCUT2D eigenvalue weighted by Crippen LogP contribution is 2.12. The lowest BCUT2D eigenvalue weighted by Gasteiger charge is -2.19. The lowest BCUT2D eigenvalue weighted by molar-refractivity contribution is -0.122. The van der Waals surface area contributed by atoms with E-state index in [-0.39, 0.29) is 11.3 Å². The fourth-order valence-electron chi connectivity index (χ4n) is 2.46. The summed E-state index contributed by atoms with van der Waals surface area (Å²) in [6, 6.07) is 12.6. The van der Waals surface area contributed by atoms with Crippen molar-refractivity contribution in [1.82, 2.24) is 10.0 Å². The predicted molar refractivity (Wildman–Crippen MR) is 100 cm³/mol. The van der Waals surface area contributed by atoms with Gasteiger partial charge in [0.2, 0.25) is 15.9 Å². The van der Waals surface area contributed by atoms with Crippen molar-refractivity contribution in [3.63, 3.8) is 0 Å². The summed E-state index contributed by atoms with van der Waals surface area (Å²) in [6.07, 6.45) is 0.808. The highest BCUT2D eigenvalue weighted by atomic mass is 32.2. The van der Waals surface area contributed by atoms with Gasteiger partial charge in [0.15, 0.2) is 0 Å². The number of hydrogen-bond acceptors (Lipinski definition) is 4. The zero-order valence-electron chi connectivity index (χ0n) is 15.0. The highest BCUT2D eigenvalue weighted by Gasteiger charge is 2.26. The number of ether oxygens (including phenoxy) is 1. The fraction of sp³-hybridized carbons (Fsp3) is 0.316. The van der Waals surface area contributed by atoms with E-state index in [1.807, 2.05) is 30.3 Å². The first-order valence-corrected chi connectivity index (χ1v) is 9.99. The number of hydrogen-bond donors (Lipinski definition) is 2. The van der Waals surface area contributed by atoms with Gasteiger partial charge in [-0.15, -0.1) is 0 Å². The monoisotopic (exact) mass is 394 g/mol. The minimum Gasteiger partial charge on any atom is -0.385 e. The normalized spacial score (nSPS) is 12.5. The molecular formula is C19H23FN2O4S. The third-order valence-corrected chi connectivity index (χ3v) is 5.33. The lowest BCUT2D eigenvalue weighted by Crippen LogP contribution is -2.48. The molecule has 8 heteroatoms. The fourth-order valence-corrected chi connectivity index (χ4v) is 3.65. The summed E-state index contributed by atoms with van der Waals surface area (Å²) < 4.78 is 45.6. The number of halogens is 1. The van der Waals surface area contributed by atoms with Crippen molar-refractivity contribution < 1.29 is 22.3 Å². The Morgan fingerprint density at radius 1 is 1.11 bits per heavy atom. The number of rotatable bonds is 10. The van der Waals surface area contributed by atoms with Crippen molar-refractivity contribution in [2.75, 3.05) is 20.3 Å². The minimum atomic E-state index is -3.98. The number of benzene rings is 2. The maximum Gasteiger partial charge on any atom is 0.241 e. The average molecular weight is 394 g/mol. The van der Waals surface area contributed by atoms with Crippen molar-refractivity contribution >= 4 is 15.9 Å². The summed E-state index contributed by atoms with van der Waals surface area (Å²) in [5.74, 6) is -0.966. The Kier molecular flexibility index (Phi) is 7.90. The van der Waals surface area contributed by atoms with Gasteiger partial charge in [0.05, 0.1) is 4.90 Å². The first-order valence-electron chi connectivity index (χ1n) is 8.51. The molecule has 0 heterocycles. The SMILES string of the molecule is COCCCNC(=O)C(Cc1ccccc1)NS(=O)(=O)c1ccc(F)cc1. The molecule has 2 aromatic carbocycles. The molecule has 0 aliphatic carbocycles. The van der Waals surface area contributed by atoms with Crippen LogP contribution in [0.4, 0.5) is 4.39 Å². The van der Waals surface area contributed by atoms with Crippen LogP contribution < -0.4 is 10.0 Å². The molecule has 2 aromatic rings. The molecule has 2 N–H and O–H groups in total. The number of methoxy groups -OCH3 is 1. The first-order chi connectivity index (χ1) is 12.9. The van der Waals surface area contributed by atoms with E-state index < -0.39 is 27.8 Å². The molecule has 0 fully saturated rings. The van der Waals surface area contributed by atoms with Gasteiger partial charge < -0.3 is 10.1 Å². The van der Waals surface area contributed by atoms with E-state index in [1.54, 1.807) is 7.11 Å². The molecule has 1 unspecified atom stereocenters. The predicted octanol–water partition coefficient (Wildman–Crippen LogP) is 1.87. The number of sulfonamides is 1. The van der Waals surface area contributed by atoms with Gasteiger partial charge >= 0.3 is 0 Å². The lowest BCUT2D eigenvalue weighted by atomic mass is 10.1. The molecule has 1 amide bonds. The van der Waals surface area contributed by atoms with Gasteiger partial charge in [0.25, 0.3) is 0 Å². The largest absolute Gasteiger partial charge is 0.385 e. The third kappa shape index (κ3) is 6.74. The summed E-state index contributed by atoms with van der Waals surface area (Å²) in [5, 5.41) is 2.72. The molecule has 2 rings (SSSR count). The molecule has 0 aliphatic heterocycles. The maximum absolute atomic E-state index is 13.1. The molecule has 0 spiro atoms. The summed E-state index contributed by atoms with van der Waals surface area (Å²) in [5.41, 5.74) is 0.816. The third-order valence-electron chi connectivity index (χ3n) is 3.84. The second kappa shape index (κ2) is 10.1. The molecule has 0 aliphatic rings. The van der Waals surface area contributed by atoms with Crippen LogP contribution in [-0.2, 0) is 26.0 Å². The smallest absolute Gasteiger partial charge is 0.241 e. The summed E-state index contributed by atoms with van der Waals surface area (Å²) in [6.45, 7) is 0.862. The van der Waals surface area contributed by atoms with E-state index >= 15 is 0 Å². The zero-order chi connectivity index (χ0) is 19.7. The van der Waals surface area contributed by atoms with Gasteiger partial charge in [0, 0.05) is 20.3 Å². The van der Waals surface area contributed by atoms with Gasteiger partial charge in [-0.05, 0) is 42.7 Å². The van der Waals surface area contributed by atoms with E-state index in [0.717, 1.165) is 29.8 Å². The molecule has 0 saturated heterocycles. The van der Waals surface area contributed by atoms with Crippen molar-refractivity contribution in [2.24, 2.45) is 0 Å². The van der Waals surface area contributed by atoms with E-state index in [0.29, 0.717) is 19.6 Å². The van der Waals surface area contributed by atoms with Crippen LogP contribution in [0.2, 0.25) is 0 Å². The van der Waals surface area contributed by atoms with E-state index in [9.17, 15) is 17.6 Å². The molecule has 0 bridgehead atoms. The van der Waals surface area contributed by atoms with Crippen LogP contribution in [0.3, 0.4) is 0 Å². The van der Waals surface area contributed by atoms with Crippen LogP contribution in [0.5, 0.6) is 0 Å². The first kappa shape index (κ1) is 21.0. The summed E-state index contributed by atoms with van der Waals surface area (Å²) in [7, 11) is -2.41. The Morgan fingerprint density at radius 3 is 2.41 bits per heavy atom. The Balaban J connectivity index is 2.15. The van der Waals surface area contributed by atoms with E-state index in [1.165, 1.54) is 0 Å². The minimum absolute atomic E-state index is 0.103. The van der Waals surface area contributed by atoms with Gasteiger partial charge in [-0.3, -0.25) is 4.79 Å². The van der Waals surface area contributed by atoms with Crippen LogP contribution >= 0.6 is 0 Å². The number of nitrogens with one attached hydrogen (secondary N) is 2. The van der Waals surface area contributed by atoms with Crippen molar-refractivity contribution in [1.29, 1.82) is 0 Å². The van der Waals surface area contributed by atoms with Gasteiger partial charge in [-0.2, -0.15) is 4.72 Å². The van der Waals surface area contributed by atoms with Gasteiger partial charge in [-0.1, -0.05) is 30.3 Å². The van der Waals surface area contributed by atoms with Crippen molar-refractivity contribution in [3.8, 4) is 0 Å². The number of amides is 1. The Hall–Kier alpha value is -2.29. The molecule has 0 saturated carbocycles. The van der Waals surface area contributed by atoms with Crippen molar-refractivity contribution in [3.05, 3.63) is 66.0 Å². The Bertz CT molecular complexity index is 827. The van der Waals surface area contributed by atoms with E-state index in [4.69, 9.17) is 4.74 Å². The molecule has 6 nitrogen and oxygen atoms in total. The maximum atomic E-state index is 13.1. The molecule has 0 aromatic heterocycles. The van der Waals surface area contributed by atoms with Gasteiger partial charge in [-0.25, -0.2) is 12.8 Å². The number of carbonyl (C=O) groups is 1. The zero-order valence-corrected chi connectivity index (χ0v) is 15.8. The summed E-state index contributed by atoms with van der Waals surface area (Å²) >= 11 is 0. The Morgan fingerprint density at radius 2 is 1.78 bits per heavy atom. The molecule has 27 heavy (non-hydrogen) atoms. The standard InChI is InChI=1S/C19H23FN2O4S/c1-26-13-5-12-21-19(23)18(14-15-6-3-2-4-7-15)22-27(24,25)17-10-8-16(20)9-11-17/h2-4,6-11,18,22H,5,12-14H2,1H3,(H,21,23). The second-order valence-corrected chi connectivity index (χ2v) is 7.67. The molecule has 0 radical (unpaired) electrons. The topological polar surface area (TPSA) is 84.5 Å². The molecule has 1 atom stereocenters. The van der Waals surface area contributed by atoms with Crippen LogP contribution in [0.15, 0.2) is 59.5 Å². The van der Waals surface area contributed by atoms with E-state index in [2.05, 4.69) is 10.0 Å². The van der Waals surface area contributed by atoms with Crippen LogP contribution in [0.1, 0.15) is 12.0 Å². The number of carbonyl (C=O) groups excluding carboxylic acids is 1. The van der Waals surface area contributed by atoms with Crippen molar-refractivity contribution in [2.45, 2.75) is 23.8 Å². The van der Waals surface area contributed by atoms with Crippen LogP contribution in [0.25, 0.3) is 0 Å². The summed E-state index contributed by atoms with van der Waals surface area (Å²) in [4.78, 5) is 12.4. The Labute approximate surface area is 158 Å².